The third kappa shape index (κ3) is 43.4. The summed E-state index contributed by atoms with van der Waals surface area (Å²) in [6.07, 6.45) is 56.9. The zero-order chi connectivity index (χ0) is 54.5. The van der Waals surface area contributed by atoms with Gasteiger partial charge in [0.05, 0.1) is 32.0 Å². The van der Waals surface area contributed by atoms with E-state index in [1.54, 1.807) is 6.08 Å². The van der Waals surface area contributed by atoms with Gasteiger partial charge in [-0.15, -0.1) is 0 Å². The molecule has 1 saturated heterocycles. The van der Waals surface area contributed by atoms with Gasteiger partial charge < -0.3 is 45.1 Å². The molecule has 440 valence electrons. The van der Waals surface area contributed by atoms with Gasteiger partial charge in [-0.25, -0.2) is 0 Å². The Hall–Kier alpha value is -2.12. The number of ether oxygens (including phenoxy) is 3. The van der Waals surface area contributed by atoms with Crippen LogP contribution < -0.4 is 5.32 Å². The smallest absolute Gasteiger partial charge is 0.305 e. The standard InChI is InChI=1S/C64H119NO10/c1-3-5-7-9-11-13-14-15-29-32-36-40-44-48-52-60(69)73-53-49-45-41-37-33-30-27-25-23-21-19-17-16-18-20-22-24-26-28-31-35-39-43-47-51-59(68)65-56(57(67)50-46-42-38-34-12-10-8-6-4-2)55-74-64-63(72)62(71)61(70)58(54-66)75-64/h14-15,18,20,46,50,56-58,61-64,66-67,70-72H,3-13,16-17,19,21-45,47-49,51-55H2,1-2H3,(H,65,68)/b15-14-,20-18-,50-46+. The minimum atomic E-state index is -1.57. The van der Waals surface area contributed by atoms with Crippen LogP contribution in [0.1, 0.15) is 296 Å². The van der Waals surface area contributed by atoms with E-state index in [0.717, 1.165) is 64.2 Å². The summed E-state index contributed by atoms with van der Waals surface area (Å²) in [5, 5.41) is 54.2. The highest BCUT2D eigenvalue weighted by atomic mass is 16.7. The highest BCUT2D eigenvalue weighted by Gasteiger charge is 2.44. The fraction of sp³-hybridized carbons (Fsp3) is 0.875. The number of hydrogen-bond donors (Lipinski definition) is 6. The molecule has 0 aliphatic carbocycles. The highest BCUT2D eigenvalue weighted by Crippen LogP contribution is 2.23. The van der Waals surface area contributed by atoms with Gasteiger partial charge in [0.25, 0.3) is 0 Å². The first-order valence-electron chi connectivity index (χ1n) is 31.8. The number of amides is 1. The average molecular weight is 1060 g/mol. The molecule has 0 radical (unpaired) electrons. The number of nitrogens with one attached hydrogen (secondary N) is 1. The summed E-state index contributed by atoms with van der Waals surface area (Å²) in [6.45, 7) is 4.31. The molecule has 1 rings (SSSR count). The lowest BCUT2D eigenvalue weighted by Crippen LogP contribution is -2.60. The van der Waals surface area contributed by atoms with Crippen molar-refractivity contribution in [1.29, 1.82) is 0 Å². The van der Waals surface area contributed by atoms with Crippen molar-refractivity contribution >= 4 is 11.9 Å². The Balaban J connectivity index is 1.98. The Morgan fingerprint density at radius 3 is 1.28 bits per heavy atom. The maximum atomic E-state index is 13.0. The van der Waals surface area contributed by atoms with Crippen LogP contribution >= 0.6 is 0 Å². The molecule has 11 heteroatoms. The molecule has 1 aliphatic heterocycles. The van der Waals surface area contributed by atoms with Crippen molar-refractivity contribution in [2.24, 2.45) is 0 Å². The maximum absolute atomic E-state index is 13.0. The molecule has 7 atom stereocenters. The lowest BCUT2D eigenvalue weighted by Gasteiger charge is -2.40. The van der Waals surface area contributed by atoms with Gasteiger partial charge in [-0.1, -0.05) is 237 Å². The molecule has 7 unspecified atom stereocenters. The molecule has 1 amide bonds. The second-order valence-electron chi connectivity index (χ2n) is 22.1. The first-order chi connectivity index (χ1) is 36.7. The van der Waals surface area contributed by atoms with Crippen LogP contribution in [0.15, 0.2) is 36.5 Å². The number of aliphatic hydroxyl groups excluding tert-OH is 5. The predicted octanol–water partition coefficient (Wildman–Crippen LogP) is 15.1. The van der Waals surface area contributed by atoms with Crippen molar-refractivity contribution < 1.29 is 49.3 Å². The molecule has 11 nitrogen and oxygen atoms in total. The van der Waals surface area contributed by atoms with E-state index in [0.29, 0.717) is 19.4 Å². The number of carbonyl (C=O) groups excluding carboxylic acids is 2. The zero-order valence-corrected chi connectivity index (χ0v) is 48.5. The SMILES string of the molecule is CCCCCCC/C=C\CCCCCCCC(=O)OCCCCCCCCCCCCCC/C=C\CCCCCCCCCCC(=O)NC(COC1OC(CO)C(O)C(O)C1O)C(O)/C=C/CCCCCCCCC. The summed E-state index contributed by atoms with van der Waals surface area (Å²) >= 11 is 0. The summed E-state index contributed by atoms with van der Waals surface area (Å²) in [6, 6.07) is -0.812. The highest BCUT2D eigenvalue weighted by molar-refractivity contribution is 5.76. The molecule has 0 spiro atoms. The number of aliphatic hydroxyl groups is 5. The Kier molecular flexibility index (Phi) is 50.9. The molecule has 0 aromatic heterocycles. The lowest BCUT2D eigenvalue weighted by molar-refractivity contribution is -0.302. The summed E-state index contributed by atoms with van der Waals surface area (Å²) in [4.78, 5) is 25.0. The molecule has 0 aromatic carbocycles. The van der Waals surface area contributed by atoms with E-state index in [1.165, 1.54) is 205 Å². The van der Waals surface area contributed by atoms with E-state index in [-0.39, 0.29) is 18.5 Å². The van der Waals surface area contributed by atoms with Crippen LogP contribution in [0.2, 0.25) is 0 Å². The normalized spacial score (nSPS) is 18.9. The van der Waals surface area contributed by atoms with Crippen molar-refractivity contribution in [3.63, 3.8) is 0 Å². The molecule has 0 bridgehead atoms. The number of carbonyl (C=O) groups is 2. The van der Waals surface area contributed by atoms with E-state index in [9.17, 15) is 35.1 Å². The van der Waals surface area contributed by atoms with E-state index in [4.69, 9.17) is 14.2 Å². The zero-order valence-electron chi connectivity index (χ0n) is 48.5. The molecule has 6 N–H and O–H groups in total. The fourth-order valence-electron chi connectivity index (χ4n) is 9.89. The van der Waals surface area contributed by atoms with Crippen LogP contribution in [-0.4, -0.2) is 100 Å². The second kappa shape index (κ2) is 53.9. The van der Waals surface area contributed by atoms with Crippen molar-refractivity contribution in [3.05, 3.63) is 36.5 Å². The van der Waals surface area contributed by atoms with E-state index in [1.807, 2.05) is 6.08 Å². The van der Waals surface area contributed by atoms with E-state index in [2.05, 4.69) is 43.5 Å². The Labute approximate surface area is 460 Å². The van der Waals surface area contributed by atoms with Crippen molar-refractivity contribution in [3.8, 4) is 0 Å². The molecular formula is C64H119NO10. The Morgan fingerprint density at radius 2 is 0.853 bits per heavy atom. The maximum Gasteiger partial charge on any atom is 0.305 e. The molecule has 1 fully saturated rings. The number of hydrogen-bond acceptors (Lipinski definition) is 10. The fourth-order valence-corrected chi connectivity index (χ4v) is 9.89. The molecular weight excluding hydrogens is 943 g/mol. The third-order valence-corrected chi connectivity index (χ3v) is 15.0. The third-order valence-electron chi connectivity index (χ3n) is 15.0. The summed E-state index contributed by atoms with van der Waals surface area (Å²) in [7, 11) is 0. The minimum Gasteiger partial charge on any atom is -0.466 e. The summed E-state index contributed by atoms with van der Waals surface area (Å²) in [5.41, 5.74) is 0. The van der Waals surface area contributed by atoms with Gasteiger partial charge in [0.15, 0.2) is 6.29 Å². The van der Waals surface area contributed by atoms with Crippen LogP contribution in [-0.2, 0) is 23.8 Å². The topological polar surface area (TPSA) is 175 Å². The van der Waals surface area contributed by atoms with Gasteiger partial charge in [-0.2, -0.15) is 0 Å². The molecule has 0 aromatic rings. The van der Waals surface area contributed by atoms with Crippen LogP contribution in [0, 0.1) is 0 Å². The predicted molar refractivity (Wildman–Crippen MR) is 311 cm³/mol. The Morgan fingerprint density at radius 1 is 0.480 bits per heavy atom. The van der Waals surface area contributed by atoms with Crippen molar-refractivity contribution in [1.82, 2.24) is 5.32 Å². The molecule has 75 heavy (non-hydrogen) atoms. The van der Waals surface area contributed by atoms with Gasteiger partial charge in [0, 0.05) is 12.8 Å². The van der Waals surface area contributed by atoms with Crippen LogP contribution in [0.25, 0.3) is 0 Å². The monoisotopic (exact) mass is 1060 g/mol. The van der Waals surface area contributed by atoms with Gasteiger partial charge in [0.2, 0.25) is 5.91 Å². The Bertz CT molecular complexity index is 1340. The van der Waals surface area contributed by atoms with Crippen LogP contribution in [0.3, 0.4) is 0 Å². The van der Waals surface area contributed by atoms with Gasteiger partial charge >= 0.3 is 5.97 Å². The summed E-state index contributed by atoms with van der Waals surface area (Å²) < 4.78 is 16.7. The van der Waals surface area contributed by atoms with Crippen LogP contribution in [0.5, 0.6) is 0 Å². The van der Waals surface area contributed by atoms with Gasteiger partial charge in [-0.05, 0) is 83.5 Å². The lowest BCUT2D eigenvalue weighted by atomic mass is 9.99. The summed E-state index contributed by atoms with van der Waals surface area (Å²) in [5.74, 6) is -0.196. The number of allylic oxidation sites excluding steroid dienone is 5. The quantitative estimate of drug-likeness (QED) is 0.0195. The average Bonchev–Trinajstić information content (AvgIpc) is 3.41. The molecule has 0 saturated carbocycles. The minimum absolute atomic E-state index is 0.00735. The number of esters is 1. The van der Waals surface area contributed by atoms with E-state index < -0.39 is 49.5 Å². The molecule has 1 heterocycles. The first kappa shape index (κ1) is 70.9. The number of rotatable bonds is 55. The van der Waals surface area contributed by atoms with Gasteiger partial charge in [-0.3, -0.25) is 9.59 Å². The number of unbranched alkanes of at least 4 members (excludes halogenated alkanes) is 37. The van der Waals surface area contributed by atoms with Crippen molar-refractivity contribution in [2.45, 2.75) is 339 Å². The van der Waals surface area contributed by atoms with Crippen molar-refractivity contribution in [2.75, 3.05) is 19.8 Å². The first-order valence-corrected chi connectivity index (χ1v) is 31.8. The van der Waals surface area contributed by atoms with E-state index >= 15 is 0 Å². The molecule has 1 aliphatic rings. The second-order valence-corrected chi connectivity index (χ2v) is 22.1. The van der Waals surface area contributed by atoms with Gasteiger partial charge in [0.1, 0.15) is 24.4 Å². The van der Waals surface area contributed by atoms with Crippen LogP contribution in [0.4, 0.5) is 0 Å². The largest absolute Gasteiger partial charge is 0.466 e.